The lowest BCUT2D eigenvalue weighted by Crippen LogP contribution is -2.19. The molecule has 0 fully saturated rings. The number of para-hydroxylation sites is 1. The Morgan fingerprint density at radius 1 is 1.03 bits per heavy atom. The zero-order valence-electron chi connectivity index (χ0n) is 17.8. The van der Waals surface area contributed by atoms with Gasteiger partial charge in [-0.25, -0.2) is 10.4 Å². The van der Waals surface area contributed by atoms with Crippen molar-refractivity contribution in [3.05, 3.63) is 99.3 Å². The van der Waals surface area contributed by atoms with E-state index in [0.29, 0.717) is 22.4 Å². The van der Waals surface area contributed by atoms with Crippen LogP contribution in [0.5, 0.6) is 5.75 Å². The first-order valence-electron chi connectivity index (χ1n) is 10.2. The maximum Gasteiger partial charge on any atom is 0.250 e. The molecule has 4 rings (SSSR count). The second-order valence-electron chi connectivity index (χ2n) is 7.04. The van der Waals surface area contributed by atoms with E-state index in [2.05, 4.69) is 15.5 Å². The number of carbonyl (C=O) groups excluding carboxylic acids is 1. The number of thioether (sulfide) groups is 1. The number of halogens is 2. The monoisotopic (exact) mass is 527 g/mol. The summed E-state index contributed by atoms with van der Waals surface area (Å²) in [6.45, 7) is 0.400. The quantitative estimate of drug-likeness (QED) is 0.145. The Morgan fingerprint density at radius 3 is 2.50 bits per heavy atom. The van der Waals surface area contributed by atoms with E-state index >= 15 is 0 Å². The molecule has 1 heterocycles. The average Bonchev–Trinajstić information content (AvgIpc) is 3.33. The van der Waals surface area contributed by atoms with Gasteiger partial charge in [-0.05, 0) is 42.0 Å². The first kappa shape index (κ1) is 24.3. The molecule has 0 aliphatic rings. The summed E-state index contributed by atoms with van der Waals surface area (Å²) >= 11 is 14.7. The van der Waals surface area contributed by atoms with E-state index in [1.165, 1.54) is 23.1 Å². The third-order valence-corrected chi connectivity index (χ3v) is 7.09. The molecule has 9 heteroatoms. The van der Waals surface area contributed by atoms with Crippen LogP contribution in [0.3, 0.4) is 0 Å². The number of hydrazone groups is 1. The lowest BCUT2D eigenvalue weighted by molar-refractivity contribution is -0.118. The molecule has 0 spiro atoms. The van der Waals surface area contributed by atoms with Crippen LogP contribution < -0.4 is 10.2 Å². The van der Waals surface area contributed by atoms with Crippen LogP contribution in [-0.4, -0.2) is 22.9 Å². The summed E-state index contributed by atoms with van der Waals surface area (Å²) in [5.41, 5.74) is 6.16. The van der Waals surface area contributed by atoms with E-state index in [4.69, 9.17) is 27.9 Å². The predicted molar refractivity (Wildman–Crippen MR) is 141 cm³/mol. The van der Waals surface area contributed by atoms with Crippen molar-refractivity contribution in [3.63, 3.8) is 0 Å². The van der Waals surface area contributed by atoms with Crippen molar-refractivity contribution in [1.29, 1.82) is 0 Å². The molecule has 0 saturated heterocycles. The maximum atomic E-state index is 12.2. The zero-order valence-corrected chi connectivity index (χ0v) is 20.9. The largest absolute Gasteiger partial charge is 0.488 e. The molecule has 0 aliphatic heterocycles. The molecule has 0 aliphatic carbocycles. The molecule has 172 valence electrons. The third-order valence-electron chi connectivity index (χ3n) is 4.57. The van der Waals surface area contributed by atoms with Gasteiger partial charge in [0, 0.05) is 26.6 Å². The lowest BCUT2D eigenvalue weighted by atomic mass is 10.2. The van der Waals surface area contributed by atoms with Gasteiger partial charge in [-0.2, -0.15) is 5.10 Å². The molecule has 4 aromatic rings. The highest BCUT2D eigenvalue weighted by Gasteiger charge is 2.08. The van der Waals surface area contributed by atoms with Crippen molar-refractivity contribution in [1.82, 2.24) is 10.4 Å². The standard InChI is InChI=1S/C25H19Cl2N3O2S2/c26-20-9-5-17(6-10-20)14-32-23-4-2-1-3-19(23)13-28-30-24(31)16-34-25-29-22(15-33-25)18-7-11-21(27)12-8-18/h1-13,15H,14,16H2,(H,30,31)/b28-13+. The second-order valence-corrected chi connectivity index (χ2v) is 9.99. The predicted octanol–water partition coefficient (Wildman–Crippen LogP) is 6.94. The summed E-state index contributed by atoms with van der Waals surface area (Å²) in [6.07, 6.45) is 1.57. The van der Waals surface area contributed by atoms with E-state index < -0.39 is 0 Å². The number of nitrogens with one attached hydrogen (secondary N) is 1. The van der Waals surface area contributed by atoms with E-state index in [9.17, 15) is 4.79 Å². The van der Waals surface area contributed by atoms with Crippen LogP contribution in [-0.2, 0) is 11.4 Å². The number of ether oxygens (including phenoxy) is 1. The molecular formula is C25H19Cl2N3O2S2. The number of thiazole rings is 1. The Kier molecular flexibility index (Phi) is 8.60. The molecule has 3 aromatic carbocycles. The summed E-state index contributed by atoms with van der Waals surface area (Å²) < 4.78 is 6.72. The molecule has 1 aromatic heterocycles. The lowest BCUT2D eigenvalue weighted by Gasteiger charge is -2.09. The number of amides is 1. The molecule has 1 amide bonds. The fourth-order valence-electron chi connectivity index (χ4n) is 2.87. The van der Waals surface area contributed by atoms with Gasteiger partial charge >= 0.3 is 0 Å². The fourth-order valence-corrected chi connectivity index (χ4v) is 4.75. The van der Waals surface area contributed by atoms with Crippen molar-refractivity contribution in [2.75, 3.05) is 5.75 Å². The van der Waals surface area contributed by atoms with Gasteiger partial charge in [-0.15, -0.1) is 11.3 Å². The van der Waals surface area contributed by atoms with Crippen molar-refractivity contribution in [2.45, 2.75) is 10.9 Å². The van der Waals surface area contributed by atoms with E-state index in [0.717, 1.165) is 26.7 Å². The number of rotatable bonds is 9. The minimum Gasteiger partial charge on any atom is -0.488 e. The summed E-state index contributed by atoms with van der Waals surface area (Å²) in [4.78, 5) is 16.8. The Bertz CT molecular complexity index is 1280. The van der Waals surface area contributed by atoms with Crippen LogP contribution in [0, 0.1) is 0 Å². The SMILES string of the molecule is O=C(CSc1nc(-c2ccc(Cl)cc2)cs1)N/N=C/c1ccccc1OCc1ccc(Cl)cc1. The van der Waals surface area contributed by atoms with Crippen LogP contribution >= 0.6 is 46.3 Å². The smallest absolute Gasteiger partial charge is 0.250 e. The highest BCUT2D eigenvalue weighted by atomic mass is 35.5. The highest BCUT2D eigenvalue weighted by Crippen LogP contribution is 2.28. The second kappa shape index (κ2) is 12.0. The Balaban J connectivity index is 1.27. The van der Waals surface area contributed by atoms with Crippen LogP contribution in [0.1, 0.15) is 11.1 Å². The molecule has 34 heavy (non-hydrogen) atoms. The van der Waals surface area contributed by atoms with Gasteiger partial charge < -0.3 is 4.74 Å². The molecule has 0 bridgehead atoms. The number of hydrogen-bond donors (Lipinski definition) is 1. The van der Waals surface area contributed by atoms with Crippen LogP contribution in [0.15, 0.2) is 87.6 Å². The summed E-state index contributed by atoms with van der Waals surface area (Å²) in [7, 11) is 0. The average molecular weight is 528 g/mol. The van der Waals surface area contributed by atoms with Gasteiger partial charge in [-0.1, -0.05) is 71.4 Å². The third kappa shape index (κ3) is 7.08. The van der Waals surface area contributed by atoms with Gasteiger partial charge in [0.15, 0.2) is 4.34 Å². The Labute approximate surface area is 215 Å². The normalized spacial score (nSPS) is 11.0. The van der Waals surface area contributed by atoms with Crippen LogP contribution in [0.25, 0.3) is 11.3 Å². The van der Waals surface area contributed by atoms with Crippen molar-refractivity contribution < 1.29 is 9.53 Å². The summed E-state index contributed by atoms with van der Waals surface area (Å²) in [5.74, 6) is 0.658. The summed E-state index contributed by atoms with van der Waals surface area (Å²) in [5, 5.41) is 7.40. The molecular weight excluding hydrogens is 509 g/mol. The Morgan fingerprint density at radius 2 is 1.74 bits per heavy atom. The van der Waals surface area contributed by atoms with Gasteiger partial charge in [0.25, 0.3) is 5.91 Å². The molecule has 0 atom stereocenters. The van der Waals surface area contributed by atoms with Crippen LogP contribution in [0.4, 0.5) is 0 Å². The van der Waals surface area contributed by atoms with Gasteiger partial charge in [-0.3, -0.25) is 4.79 Å². The Hall–Kier alpha value is -2.84. The zero-order chi connectivity index (χ0) is 23.8. The molecule has 0 radical (unpaired) electrons. The topological polar surface area (TPSA) is 63.6 Å². The highest BCUT2D eigenvalue weighted by molar-refractivity contribution is 8.01. The number of aromatic nitrogens is 1. The van der Waals surface area contributed by atoms with Gasteiger partial charge in [0.1, 0.15) is 12.4 Å². The number of hydrogen-bond acceptors (Lipinski definition) is 6. The minimum atomic E-state index is -0.218. The van der Waals surface area contributed by atoms with E-state index in [-0.39, 0.29) is 11.7 Å². The number of benzene rings is 3. The van der Waals surface area contributed by atoms with Gasteiger partial charge in [0.2, 0.25) is 0 Å². The minimum absolute atomic E-state index is 0.208. The van der Waals surface area contributed by atoms with Crippen molar-refractivity contribution in [2.24, 2.45) is 5.10 Å². The molecule has 0 unspecified atom stereocenters. The van der Waals surface area contributed by atoms with Crippen molar-refractivity contribution >= 4 is 58.4 Å². The molecule has 5 nitrogen and oxygen atoms in total. The first-order valence-corrected chi connectivity index (χ1v) is 12.8. The maximum absolute atomic E-state index is 12.2. The number of carbonyl (C=O) groups is 1. The summed E-state index contributed by atoms with van der Waals surface area (Å²) in [6, 6.07) is 22.5. The fraction of sp³-hybridized carbons (Fsp3) is 0.0800. The molecule has 1 N–H and O–H groups in total. The number of nitrogens with zero attached hydrogens (tertiary/aromatic N) is 2. The molecule has 0 saturated carbocycles. The first-order chi connectivity index (χ1) is 16.6. The van der Waals surface area contributed by atoms with Gasteiger partial charge in [0.05, 0.1) is 17.7 Å². The van der Waals surface area contributed by atoms with Crippen molar-refractivity contribution in [3.8, 4) is 17.0 Å². The van der Waals surface area contributed by atoms with E-state index in [1.807, 2.05) is 78.2 Å². The van der Waals surface area contributed by atoms with E-state index in [1.54, 1.807) is 6.21 Å². The van der Waals surface area contributed by atoms with Crippen LogP contribution in [0.2, 0.25) is 10.0 Å².